The third-order valence-electron chi connectivity index (χ3n) is 1.54. The van der Waals surface area contributed by atoms with Gasteiger partial charge in [0.1, 0.15) is 6.33 Å². The van der Waals surface area contributed by atoms with Crippen molar-refractivity contribution in [1.82, 2.24) is 20.1 Å². The highest BCUT2D eigenvalue weighted by molar-refractivity contribution is 5.66. The van der Waals surface area contributed by atoms with E-state index in [1.165, 1.54) is 0 Å². The van der Waals surface area contributed by atoms with E-state index in [-0.39, 0.29) is 0 Å². The van der Waals surface area contributed by atoms with Gasteiger partial charge in [0, 0.05) is 20.0 Å². The van der Waals surface area contributed by atoms with Crippen LogP contribution < -0.4 is 5.32 Å². The second-order valence-corrected chi connectivity index (χ2v) is 2.73. The van der Waals surface area contributed by atoms with Crippen LogP contribution in [0.1, 0.15) is 12.7 Å². The van der Waals surface area contributed by atoms with Crippen LogP contribution in [0.4, 0.5) is 4.79 Å². The summed E-state index contributed by atoms with van der Waals surface area (Å²) in [5.74, 6) is 0.712. The fraction of sp³-hybridized carbons (Fsp3) is 0.625. The molecule has 14 heavy (non-hydrogen) atoms. The van der Waals surface area contributed by atoms with E-state index >= 15 is 0 Å². The zero-order chi connectivity index (χ0) is 10.4. The fourth-order valence-electron chi connectivity index (χ4n) is 0.957. The normalized spacial score (nSPS) is 9.86. The van der Waals surface area contributed by atoms with Gasteiger partial charge in [-0.05, 0) is 6.92 Å². The monoisotopic (exact) mass is 198 g/mol. The Kier molecular flexibility index (Phi) is 3.90. The van der Waals surface area contributed by atoms with E-state index in [1.807, 2.05) is 0 Å². The van der Waals surface area contributed by atoms with Crippen molar-refractivity contribution < 1.29 is 9.53 Å². The van der Waals surface area contributed by atoms with Crippen molar-refractivity contribution in [1.29, 1.82) is 0 Å². The number of nitrogens with one attached hydrogen (secondary N) is 1. The lowest BCUT2D eigenvalue weighted by Crippen LogP contribution is -2.26. The first-order valence-electron chi connectivity index (χ1n) is 4.47. The van der Waals surface area contributed by atoms with Gasteiger partial charge in [-0.2, -0.15) is 5.10 Å². The minimum Gasteiger partial charge on any atom is -0.450 e. The number of carbonyl (C=O) groups excluding carboxylic acids is 1. The first kappa shape index (κ1) is 10.5. The van der Waals surface area contributed by atoms with E-state index in [9.17, 15) is 4.79 Å². The Morgan fingerprint density at radius 1 is 1.71 bits per heavy atom. The zero-order valence-corrected chi connectivity index (χ0v) is 8.36. The molecule has 6 nitrogen and oxygen atoms in total. The third kappa shape index (κ3) is 3.42. The number of ether oxygens (including phenoxy) is 1. The molecule has 0 radical (unpaired) electrons. The standard InChI is InChI=1S/C8H14N4O2/c1-3-14-8(13)9-5-4-7-10-6-12(2)11-7/h6H,3-5H2,1-2H3,(H,9,13). The number of nitrogens with zero attached hydrogens (tertiary/aromatic N) is 3. The van der Waals surface area contributed by atoms with Gasteiger partial charge in [0.05, 0.1) is 6.61 Å². The predicted octanol–water partition coefficient (Wildman–Crippen LogP) is 0.104. The Bertz CT molecular complexity index is 297. The van der Waals surface area contributed by atoms with Crippen LogP contribution in [-0.4, -0.2) is 34.0 Å². The van der Waals surface area contributed by atoms with Crippen molar-refractivity contribution in [3.63, 3.8) is 0 Å². The summed E-state index contributed by atoms with van der Waals surface area (Å²) in [5, 5.41) is 6.66. The Hall–Kier alpha value is -1.59. The van der Waals surface area contributed by atoms with Gasteiger partial charge < -0.3 is 10.1 Å². The third-order valence-corrected chi connectivity index (χ3v) is 1.54. The molecule has 0 aromatic carbocycles. The molecule has 6 heteroatoms. The maximum atomic E-state index is 10.9. The van der Waals surface area contributed by atoms with E-state index in [1.54, 1.807) is 25.0 Å². The summed E-state index contributed by atoms with van der Waals surface area (Å²) < 4.78 is 6.31. The fourth-order valence-corrected chi connectivity index (χ4v) is 0.957. The number of hydrogen-bond donors (Lipinski definition) is 1. The number of aromatic nitrogens is 3. The molecule has 0 saturated carbocycles. The van der Waals surface area contributed by atoms with E-state index in [0.717, 1.165) is 0 Å². The molecular weight excluding hydrogens is 184 g/mol. The Morgan fingerprint density at radius 2 is 2.50 bits per heavy atom. The topological polar surface area (TPSA) is 69.0 Å². The molecule has 0 atom stereocenters. The van der Waals surface area contributed by atoms with E-state index in [0.29, 0.717) is 25.4 Å². The van der Waals surface area contributed by atoms with Gasteiger partial charge >= 0.3 is 6.09 Å². The van der Waals surface area contributed by atoms with Crippen molar-refractivity contribution >= 4 is 6.09 Å². The maximum absolute atomic E-state index is 10.9. The van der Waals surface area contributed by atoms with Gasteiger partial charge in [0.15, 0.2) is 5.82 Å². The smallest absolute Gasteiger partial charge is 0.407 e. The quantitative estimate of drug-likeness (QED) is 0.745. The molecule has 1 N–H and O–H groups in total. The molecule has 0 fully saturated rings. The second kappa shape index (κ2) is 5.21. The lowest BCUT2D eigenvalue weighted by Gasteiger charge is -2.02. The minimum atomic E-state index is -0.400. The zero-order valence-electron chi connectivity index (χ0n) is 8.36. The summed E-state index contributed by atoms with van der Waals surface area (Å²) in [6.07, 6.45) is 1.84. The maximum Gasteiger partial charge on any atom is 0.407 e. The van der Waals surface area contributed by atoms with Crippen molar-refractivity contribution in [3.05, 3.63) is 12.2 Å². The summed E-state index contributed by atoms with van der Waals surface area (Å²) in [4.78, 5) is 14.9. The van der Waals surface area contributed by atoms with Crippen LogP contribution in [0.15, 0.2) is 6.33 Å². The molecule has 78 valence electrons. The minimum absolute atomic E-state index is 0.383. The van der Waals surface area contributed by atoms with Gasteiger partial charge in [-0.25, -0.2) is 9.78 Å². The van der Waals surface area contributed by atoms with Crippen molar-refractivity contribution in [2.24, 2.45) is 7.05 Å². The van der Waals surface area contributed by atoms with Gasteiger partial charge in [0.2, 0.25) is 0 Å². The van der Waals surface area contributed by atoms with Crippen LogP contribution in [0, 0.1) is 0 Å². The number of hydrogen-bond acceptors (Lipinski definition) is 4. The lowest BCUT2D eigenvalue weighted by atomic mass is 10.4. The molecule has 0 saturated heterocycles. The number of carbonyl (C=O) groups is 1. The van der Waals surface area contributed by atoms with Crippen LogP contribution in [0.3, 0.4) is 0 Å². The molecule has 0 spiro atoms. The predicted molar refractivity (Wildman–Crippen MR) is 49.7 cm³/mol. The molecule has 0 bridgehead atoms. The number of amides is 1. The van der Waals surface area contributed by atoms with Crippen LogP contribution in [0.2, 0.25) is 0 Å². The van der Waals surface area contributed by atoms with Crippen molar-refractivity contribution in [3.8, 4) is 0 Å². The summed E-state index contributed by atoms with van der Waals surface area (Å²) in [5.41, 5.74) is 0. The van der Waals surface area contributed by atoms with Gasteiger partial charge in [-0.1, -0.05) is 0 Å². The SMILES string of the molecule is CCOC(=O)NCCc1ncn(C)n1. The molecule has 0 aliphatic rings. The van der Waals surface area contributed by atoms with E-state index in [2.05, 4.69) is 20.1 Å². The summed E-state index contributed by atoms with van der Waals surface area (Å²) >= 11 is 0. The number of aryl methyl sites for hydroxylation is 1. The molecule has 1 amide bonds. The number of rotatable bonds is 4. The van der Waals surface area contributed by atoms with Crippen LogP contribution in [0.25, 0.3) is 0 Å². The molecule has 1 aromatic rings. The summed E-state index contributed by atoms with van der Waals surface area (Å²) in [6.45, 7) is 2.64. The molecule has 1 rings (SSSR count). The summed E-state index contributed by atoms with van der Waals surface area (Å²) in [7, 11) is 1.80. The highest BCUT2D eigenvalue weighted by Gasteiger charge is 2.01. The van der Waals surface area contributed by atoms with Gasteiger partial charge in [-0.3, -0.25) is 4.68 Å². The summed E-state index contributed by atoms with van der Waals surface area (Å²) in [6, 6.07) is 0. The van der Waals surface area contributed by atoms with Gasteiger partial charge in [-0.15, -0.1) is 0 Å². The molecular formula is C8H14N4O2. The van der Waals surface area contributed by atoms with Crippen LogP contribution in [0.5, 0.6) is 0 Å². The molecule has 0 aliphatic heterocycles. The van der Waals surface area contributed by atoms with Crippen molar-refractivity contribution in [2.45, 2.75) is 13.3 Å². The van der Waals surface area contributed by atoms with E-state index in [4.69, 9.17) is 0 Å². The molecule has 1 aromatic heterocycles. The molecule has 0 unspecified atom stereocenters. The Morgan fingerprint density at radius 3 is 3.07 bits per heavy atom. The first-order valence-corrected chi connectivity index (χ1v) is 4.47. The second-order valence-electron chi connectivity index (χ2n) is 2.73. The largest absolute Gasteiger partial charge is 0.450 e. The highest BCUT2D eigenvalue weighted by atomic mass is 16.5. The van der Waals surface area contributed by atoms with Crippen LogP contribution >= 0.6 is 0 Å². The van der Waals surface area contributed by atoms with Crippen molar-refractivity contribution in [2.75, 3.05) is 13.2 Å². The Balaban J connectivity index is 2.18. The lowest BCUT2D eigenvalue weighted by molar-refractivity contribution is 0.152. The number of alkyl carbamates (subject to hydrolysis) is 1. The highest BCUT2D eigenvalue weighted by Crippen LogP contribution is 1.88. The average Bonchev–Trinajstić information content (AvgIpc) is 2.52. The van der Waals surface area contributed by atoms with Crippen LogP contribution in [-0.2, 0) is 18.2 Å². The average molecular weight is 198 g/mol. The first-order chi connectivity index (χ1) is 6.72. The van der Waals surface area contributed by atoms with Gasteiger partial charge in [0.25, 0.3) is 0 Å². The molecule has 1 heterocycles. The Labute approximate surface area is 82.3 Å². The van der Waals surface area contributed by atoms with E-state index < -0.39 is 6.09 Å². The molecule has 0 aliphatic carbocycles.